The molecule has 0 aromatic carbocycles. The van der Waals surface area contributed by atoms with Crippen LogP contribution in [-0.2, 0) is 9.53 Å². The van der Waals surface area contributed by atoms with E-state index < -0.39 is 0 Å². The molecule has 1 saturated carbocycles. The van der Waals surface area contributed by atoms with Gasteiger partial charge in [-0.05, 0) is 43.4 Å². The smallest absolute Gasteiger partial charge is 0.223 e. The van der Waals surface area contributed by atoms with E-state index in [0.717, 1.165) is 39.0 Å². The molecule has 3 aliphatic rings. The number of likely N-dealkylation sites (tertiary alicyclic amines) is 1. The van der Waals surface area contributed by atoms with E-state index >= 15 is 0 Å². The zero-order chi connectivity index (χ0) is 12.6. The second kappa shape index (κ2) is 4.84. The summed E-state index contributed by atoms with van der Waals surface area (Å²) < 4.78 is 5.37. The van der Waals surface area contributed by atoms with Crippen LogP contribution in [0.5, 0.6) is 0 Å². The first-order valence-electron chi connectivity index (χ1n) is 7.56. The van der Waals surface area contributed by atoms with Gasteiger partial charge in [0.15, 0.2) is 0 Å². The summed E-state index contributed by atoms with van der Waals surface area (Å²) in [6.45, 7) is 5.08. The summed E-state index contributed by atoms with van der Waals surface area (Å²) in [6, 6.07) is 0.546. The molecule has 2 heterocycles. The molecular weight excluding hydrogens is 226 g/mol. The topological polar surface area (TPSA) is 29.5 Å². The van der Waals surface area contributed by atoms with E-state index in [1.165, 1.54) is 25.7 Å². The highest BCUT2D eigenvalue weighted by Gasteiger charge is 2.48. The Morgan fingerprint density at radius 1 is 1.28 bits per heavy atom. The number of rotatable bonds is 2. The molecule has 2 aliphatic heterocycles. The van der Waals surface area contributed by atoms with Crippen LogP contribution in [0.25, 0.3) is 0 Å². The zero-order valence-electron chi connectivity index (χ0n) is 11.5. The van der Waals surface area contributed by atoms with Crippen LogP contribution in [0, 0.1) is 11.3 Å². The highest BCUT2D eigenvalue weighted by atomic mass is 16.5. The molecule has 2 saturated heterocycles. The summed E-state index contributed by atoms with van der Waals surface area (Å²) in [4.78, 5) is 14.7. The Bertz CT molecular complexity index is 324. The van der Waals surface area contributed by atoms with Crippen LogP contribution in [0.1, 0.15) is 51.9 Å². The fraction of sp³-hybridized carbons (Fsp3) is 0.933. The number of hydrogen-bond donors (Lipinski definition) is 0. The van der Waals surface area contributed by atoms with Crippen molar-refractivity contribution in [2.24, 2.45) is 11.3 Å². The molecule has 3 rings (SSSR count). The number of carbonyl (C=O) groups excluding carboxylic acids is 1. The van der Waals surface area contributed by atoms with Gasteiger partial charge in [-0.1, -0.05) is 13.3 Å². The number of nitrogens with zero attached hydrogens (tertiary/aromatic N) is 1. The van der Waals surface area contributed by atoms with Gasteiger partial charge in [0, 0.05) is 32.2 Å². The first-order valence-corrected chi connectivity index (χ1v) is 7.56. The number of fused-ring (bicyclic) bond motifs is 1. The van der Waals surface area contributed by atoms with Crippen molar-refractivity contribution in [3.8, 4) is 0 Å². The molecule has 0 bridgehead atoms. The average molecular weight is 251 g/mol. The van der Waals surface area contributed by atoms with Crippen molar-refractivity contribution in [3.63, 3.8) is 0 Å². The summed E-state index contributed by atoms with van der Waals surface area (Å²) >= 11 is 0. The lowest BCUT2D eigenvalue weighted by Crippen LogP contribution is -2.39. The van der Waals surface area contributed by atoms with Crippen LogP contribution >= 0.6 is 0 Å². The number of carbonyl (C=O) groups is 1. The quantitative estimate of drug-likeness (QED) is 0.755. The highest BCUT2D eigenvalue weighted by molar-refractivity contribution is 5.77. The molecular formula is C15H25NO2. The van der Waals surface area contributed by atoms with E-state index in [9.17, 15) is 4.79 Å². The average Bonchev–Trinajstić information content (AvgIpc) is 2.86. The molecule has 0 N–H and O–H groups in total. The number of hydrogen-bond acceptors (Lipinski definition) is 2. The van der Waals surface area contributed by atoms with E-state index in [1.54, 1.807) is 0 Å². The van der Waals surface area contributed by atoms with Gasteiger partial charge >= 0.3 is 0 Å². The lowest BCUT2D eigenvalue weighted by atomic mass is 9.85. The predicted molar refractivity (Wildman–Crippen MR) is 70.2 cm³/mol. The van der Waals surface area contributed by atoms with Gasteiger partial charge < -0.3 is 9.64 Å². The van der Waals surface area contributed by atoms with Crippen molar-refractivity contribution < 1.29 is 9.53 Å². The van der Waals surface area contributed by atoms with Crippen molar-refractivity contribution in [1.29, 1.82) is 0 Å². The van der Waals surface area contributed by atoms with E-state index in [-0.39, 0.29) is 0 Å². The molecule has 3 heteroatoms. The van der Waals surface area contributed by atoms with Gasteiger partial charge in [-0.15, -0.1) is 0 Å². The third-order valence-electron chi connectivity index (χ3n) is 5.45. The molecule has 18 heavy (non-hydrogen) atoms. The summed E-state index contributed by atoms with van der Waals surface area (Å²) in [6.07, 6.45) is 7.98. The molecule has 102 valence electrons. The first-order chi connectivity index (χ1) is 8.69. The van der Waals surface area contributed by atoms with Gasteiger partial charge in [-0.3, -0.25) is 4.79 Å². The van der Waals surface area contributed by atoms with Crippen LogP contribution in [0.2, 0.25) is 0 Å². The third-order valence-corrected chi connectivity index (χ3v) is 5.45. The van der Waals surface area contributed by atoms with Gasteiger partial charge in [0.2, 0.25) is 5.91 Å². The van der Waals surface area contributed by atoms with Gasteiger partial charge in [0.05, 0.1) is 0 Å². The molecule has 3 fully saturated rings. The van der Waals surface area contributed by atoms with Crippen LogP contribution in [0.3, 0.4) is 0 Å². The second-order valence-electron chi connectivity index (χ2n) is 6.66. The molecule has 3 nitrogen and oxygen atoms in total. The van der Waals surface area contributed by atoms with Crippen LogP contribution in [0.15, 0.2) is 0 Å². The molecule has 0 unspecified atom stereocenters. The predicted octanol–water partition coefficient (Wildman–Crippen LogP) is 2.59. The molecule has 0 aromatic rings. The molecule has 0 spiro atoms. The fourth-order valence-corrected chi connectivity index (χ4v) is 4.18. The highest BCUT2D eigenvalue weighted by Crippen LogP contribution is 2.48. The monoisotopic (exact) mass is 251 g/mol. The van der Waals surface area contributed by atoms with Crippen molar-refractivity contribution >= 4 is 5.91 Å². The summed E-state index contributed by atoms with van der Waals surface area (Å²) in [5, 5.41) is 0. The lowest BCUT2D eigenvalue weighted by Gasteiger charge is -2.31. The minimum absolute atomic E-state index is 0.414. The Kier molecular flexibility index (Phi) is 3.35. The van der Waals surface area contributed by atoms with Crippen molar-refractivity contribution in [2.45, 2.75) is 57.9 Å². The molecule has 0 aromatic heterocycles. The molecule has 0 radical (unpaired) electrons. The maximum absolute atomic E-state index is 12.5. The van der Waals surface area contributed by atoms with Crippen LogP contribution in [-0.4, -0.2) is 36.6 Å². The lowest BCUT2D eigenvalue weighted by molar-refractivity contribution is -0.134. The van der Waals surface area contributed by atoms with E-state index in [1.807, 2.05) is 0 Å². The van der Waals surface area contributed by atoms with Crippen LogP contribution in [0.4, 0.5) is 0 Å². The van der Waals surface area contributed by atoms with Gasteiger partial charge in [-0.25, -0.2) is 0 Å². The Morgan fingerprint density at radius 2 is 2.06 bits per heavy atom. The van der Waals surface area contributed by atoms with Crippen LogP contribution < -0.4 is 0 Å². The maximum atomic E-state index is 12.5. The first kappa shape index (κ1) is 12.5. The second-order valence-corrected chi connectivity index (χ2v) is 6.66. The van der Waals surface area contributed by atoms with Gasteiger partial charge in [0.1, 0.15) is 0 Å². The Labute approximate surface area is 110 Å². The normalized spacial score (nSPS) is 36.9. The maximum Gasteiger partial charge on any atom is 0.223 e. The Balaban J connectivity index is 1.59. The third kappa shape index (κ3) is 2.18. The summed E-state index contributed by atoms with van der Waals surface area (Å²) in [7, 11) is 0. The Morgan fingerprint density at radius 3 is 2.83 bits per heavy atom. The SMILES string of the molecule is C[C@@]12CCC[C@@H]1N(C(=O)CC1CCOCC1)CC2. The standard InChI is InChI=1S/C15H25NO2/c1-15-6-2-3-13(15)16(8-7-15)14(17)11-12-4-9-18-10-5-12/h12-13H,2-11H2,1H3/t13-,15-/m0/s1. The summed E-state index contributed by atoms with van der Waals surface area (Å²) in [5.41, 5.74) is 0.436. The molecule has 1 amide bonds. The van der Waals surface area contributed by atoms with Crippen molar-refractivity contribution in [2.75, 3.05) is 19.8 Å². The zero-order valence-corrected chi connectivity index (χ0v) is 11.5. The molecule has 1 aliphatic carbocycles. The largest absolute Gasteiger partial charge is 0.381 e. The van der Waals surface area contributed by atoms with Gasteiger partial charge in [0.25, 0.3) is 0 Å². The summed E-state index contributed by atoms with van der Waals surface area (Å²) in [5.74, 6) is 0.983. The minimum Gasteiger partial charge on any atom is -0.381 e. The molecule has 2 atom stereocenters. The fourth-order valence-electron chi connectivity index (χ4n) is 4.18. The number of ether oxygens (including phenoxy) is 1. The Hall–Kier alpha value is -0.570. The van der Waals surface area contributed by atoms with E-state index in [4.69, 9.17) is 4.74 Å². The van der Waals surface area contributed by atoms with E-state index in [0.29, 0.717) is 23.3 Å². The number of amides is 1. The van der Waals surface area contributed by atoms with Crippen molar-refractivity contribution in [3.05, 3.63) is 0 Å². The van der Waals surface area contributed by atoms with E-state index in [2.05, 4.69) is 11.8 Å². The van der Waals surface area contributed by atoms with Crippen molar-refractivity contribution in [1.82, 2.24) is 4.90 Å². The minimum atomic E-state index is 0.414. The van der Waals surface area contributed by atoms with Gasteiger partial charge in [-0.2, -0.15) is 0 Å².